The van der Waals surface area contributed by atoms with E-state index in [-0.39, 0.29) is 16.9 Å². The summed E-state index contributed by atoms with van der Waals surface area (Å²) in [5.41, 5.74) is 0.589. The Labute approximate surface area is 148 Å². The molecule has 132 valence electrons. The van der Waals surface area contributed by atoms with Crippen LogP contribution in [0.3, 0.4) is 0 Å². The predicted octanol–water partition coefficient (Wildman–Crippen LogP) is 3.91. The molecule has 0 bridgehead atoms. The summed E-state index contributed by atoms with van der Waals surface area (Å²) < 4.78 is 10.8. The highest BCUT2D eigenvalue weighted by Crippen LogP contribution is 2.68. The molecule has 0 amide bonds. The second kappa shape index (κ2) is 6.01. The maximum absolute atomic E-state index is 12.5. The van der Waals surface area contributed by atoms with Gasteiger partial charge in [-0.1, -0.05) is 55.7 Å². The zero-order chi connectivity index (χ0) is 17.5. The van der Waals surface area contributed by atoms with Crippen LogP contribution in [0.25, 0.3) is 0 Å². The van der Waals surface area contributed by atoms with Crippen LogP contribution >= 0.6 is 0 Å². The first-order chi connectivity index (χ1) is 12.1. The first-order valence-electron chi connectivity index (χ1n) is 9.21. The smallest absolute Gasteiger partial charge is 0.345 e. The molecular weight excluding hydrogens is 316 g/mol. The van der Waals surface area contributed by atoms with Crippen molar-refractivity contribution in [1.29, 1.82) is 0 Å². The van der Waals surface area contributed by atoms with Gasteiger partial charge in [-0.25, -0.2) is 9.59 Å². The zero-order valence-electron chi connectivity index (χ0n) is 14.6. The third kappa shape index (κ3) is 2.34. The van der Waals surface area contributed by atoms with Crippen molar-refractivity contribution in [3.8, 4) is 0 Å². The molecular formula is C21H24O4. The van der Waals surface area contributed by atoms with Gasteiger partial charge in [0.05, 0.1) is 7.11 Å². The Balaban J connectivity index is 1.83. The van der Waals surface area contributed by atoms with Crippen molar-refractivity contribution in [2.24, 2.45) is 5.41 Å². The molecule has 1 aromatic rings. The summed E-state index contributed by atoms with van der Waals surface area (Å²) in [5.74, 6) is -0.831. The Kier molecular flexibility index (Phi) is 3.94. The van der Waals surface area contributed by atoms with Crippen molar-refractivity contribution in [3.63, 3.8) is 0 Å². The number of rotatable bonds is 2. The van der Waals surface area contributed by atoms with Gasteiger partial charge >= 0.3 is 11.9 Å². The topological polar surface area (TPSA) is 52.6 Å². The van der Waals surface area contributed by atoms with Crippen LogP contribution in [0.4, 0.5) is 0 Å². The van der Waals surface area contributed by atoms with Crippen molar-refractivity contribution < 1.29 is 19.1 Å². The summed E-state index contributed by atoms with van der Waals surface area (Å²) in [7, 11) is 1.31. The molecule has 25 heavy (non-hydrogen) atoms. The molecule has 0 radical (unpaired) electrons. The van der Waals surface area contributed by atoms with Gasteiger partial charge in [0.25, 0.3) is 0 Å². The predicted molar refractivity (Wildman–Crippen MR) is 92.9 cm³/mol. The first kappa shape index (κ1) is 16.4. The highest BCUT2D eigenvalue weighted by atomic mass is 16.6. The van der Waals surface area contributed by atoms with Gasteiger partial charge in [-0.05, 0) is 31.2 Å². The SMILES string of the molecule is COC(=O)C1=CC23CCCCCCC2(C[C@H]3c2ccccc2)OC1=O. The van der Waals surface area contributed by atoms with E-state index in [1.165, 1.54) is 25.5 Å². The van der Waals surface area contributed by atoms with Gasteiger partial charge in [0.2, 0.25) is 0 Å². The Morgan fingerprint density at radius 2 is 1.84 bits per heavy atom. The number of benzene rings is 1. The molecule has 3 atom stereocenters. The van der Waals surface area contributed by atoms with E-state index in [4.69, 9.17) is 9.47 Å². The largest absolute Gasteiger partial charge is 0.465 e. The lowest BCUT2D eigenvalue weighted by molar-refractivity contribution is -0.216. The monoisotopic (exact) mass is 340 g/mol. The lowest BCUT2D eigenvalue weighted by Crippen LogP contribution is -2.66. The standard InChI is InChI=1S/C21H24O4/c1-24-18(22)16-13-20-11-7-2-3-8-12-21(20,25-19(16)23)14-17(20)15-9-5-4-6-10-15/h4-6,9-10,13,17H,2-3,7-8,11-12,14H2,1H3/t17-,20?,21?/m0/s1. The average molecular weight is 340 g/mol. The van der Waals surface area contributed by atoms with Gasteiger partial charge in [-0.15, -0.1) is 0 Å². The van der Waals surface area contributed by atoms with E-state index in [0.29, 0.717) is 0 Å². The Morgan fingerprint density at radius 1 is 1.12 bits per heavy atom. The van der Waals surface area contributed by atoms with E-state index in [0.717, 1.165) is 32.1 Å². The molecule has 2 saturated carbocycles. The molecule has 1 aromatic carbocycles. The second-order valence-electron chi connectivity index (χ2n) is 7.56. The van der Waals surface area contributed by atoms with E-state index in [9.17, 15) is 9.59 Å². The minimum atomic E-state index is -0.589. The summed E-state index contributed by atoms with van der Waals surface area (Å²) in [4.78, 5) is 24.6. The Morgan fingerprint density at radius 3 is 2.56 bits per heavy atom. The van der Waals surface area contributed by atoms with Crippen molar-refractivity contribution in [3.05, 3.63) is 47.5 Å². The molecule has 2 fully saturated rings. The lowest BCUT2D eigenvalue weighted by atomic mass is 9.44. The maximum Gasteiger partial charge on any atom is 0.345 e. The summed E-state index contributed by atoms with van der Waals surface area (Å²) in [6.07, 6.45) is 9.11. The molecule has 3 aliphatic rings. The van der Waals surface area contributed by atoms with Gasteiger partial charge < -0.3 is 9.47 Å². The highest BCUT2D eigenvalue weighted by molar-refractivity contribution is 6.15. The minimum Gasteiger partial charge on any atom is -0.465 e. The van der Waals surface area contributed by atoms with Crippen LogP contribution in [0.5, 0.6) is 0 Å². The molecule has 4 heteroatoms. The molecule has 1 aliphatic heterocycles. The lowest BCUT2D eigenvalue weighted by Gasteiger charge is -2.65. The third-order valence-electron chi connectivity index (χ3n) is 6.44. The Bertz CT molecular complexity index is 723. The number of hydrogen-bond acceptors (Lipinski definition) is 4. The summed E-state index contributed by atoms with van der Waals surface area (Å²) in [6, 6.07) is 10.4. The van der Waals surface area contributed by atoms with E-state index >= 15 is 0 Å². The van der Waals surface area contributed by atoms with Gasteiger partial charge in [0.1, 0.15) is 11.2 Å². The zero-order valence-corrected chi connectivity index (χ0v) is 14.6. The van der Waals surface area contributed by atoms with Gasteiger partial charge in [-0.3, -0.25) is 0 Å². The van der Waals surface area contributed by atoms with Crippen LogP contribution in [0.2, 0.25) is 0 Å². The molecule has 0 aromatic heterocycles. The normalized spacial score (nSPS) is 34.2. The van der Waals surface area contributed by atoms with Gasteiger partial charge in [0, 0.05) is 11.3 Å². The van der Waals surface area contributed by atoms with Gasteiger partial charge in [-0.2, -0.15) is 0 Å². The van der Waals surface area contributed by atoms with Crippen LogP contribution in [-0.2, 0) is 19.1 Å². The fraction of sp³-hybridized carbons (Fsp3) is 0.524. The Hall–Kier alpha value is -2.10. The van der Waals surface area contributed by atoms with E-state index in [1.807, 2.05) is 12.1 Å². The molecule has 4 rings (SSSR count). The summed E-state index contributed by atoms with van der Waals surface area (Å²) in [5, 5.41) is 0. The van der Waals surface area contributed by atoms with Crippen molar-refractivity contribution in [2.45, 2.75) is 56.5 Å². The van der Waals surface area contributed by atoms with Crippen molar-refractivity contribution in [1.82, 2.24) is 0 Å². The highest BCUT2D eigenvalue weighted by Gasteiger charge is 2.68. The molecule has 0 spiro atoms. The van der Waals surface area contributed by atoms with Crippen LogP contribution in [0, 0.1) is 5.41 Å². The molecule has 2 aliphatic carbocycles. The molecule has 0 N–H and O–H groups in total. The van der Waals surface area contributed by atoms with Crippen molar-refractivity contribution in [2.75, 3.05) is 7.11 Å². The van der Waals surface area contributed by atoms with Crippen LogP contribution in [0.1, 0.15) is 56.4 Å². The van der Waals surface area contributed by atoms with Crippen molar-refractivity contribution >= 4 is 11.9 Å². The fourth-order valence-corrected chi connectivity index (χ4v) is 5.20. The summed E-state index contributed by atoms with van der Waals surface area (Å²) >= 11 is 0. The first-order valence-corrected chi connectivity index (χ1v) is 9.21. The summed E-state index contributed by atoms with van der Waals surface area (Å²) in [6.45, 7) is 0. The molecule has 4 nitrogen and oxygen atoms in total. The van der Waals surface area contributed by atoms with Crippen LogP contribution < -0.4 is 0 Å². The molecule has 1 heterocycles. The average Bonchev–Trinajstić information content (AvgIpc) is 2.62. The number of hydrogen-bond donors (Lipinski definition) is 0. The fourth-order valence-electron chi connectivity index (χ4n) is 5.20. The number of esters is 2. The molecule has 0 saturated heterocycles. The number of ether oxygens (including phenoxy) is 2. The van der Waals surface area contributed by atoms with E-state index in [2.05, 4.69) is 24.3 Å². The maximum atomic E-state index is 12.5. The van der Waals surface area contributed by atoms with E-state index < -0.39 is 17.5 Å². The third-order valence-corrected chi connectivity index (χ3v) is 6.44. The van der Waals surface area contributed by atoms with E-state index in [1.54, 1.807) is 0 Å². The van der Waals surface area contributed by atoms with Crippen LogP contribution in [0.15, 0.2) is 42.0 Å². The number of carbonyl (C=O) groups is 2. The second-order valence-corrected chi connectivity index (χ2v) is 7.56. The van der Waals surface area contributed by atoms with Crippen LogP contribution in [-0.4, -0.2) is 24.6 Å². The number of carbonyl (C=O) groups excluding carboxylic acids is 2. The minimum absolute atomic E-state index is 0.0688. The van der Waals surface area contributed by atoms with Gasteiger partial charge in [0.15, 0.2) is 0 Å². The number of methoxy groups -OCH3 is 1. The molecule has 2 unspecified atom stereocenters. The quantitative estimate of drug-likeness (QED) is 0.605.